The number of carbonyl (C=O) groups is 1. The maximum atomic E-state index is 13.0. The molecular formula is C20H17FN2O2. The molecule has 0 aliphatic heterocycles. The van der Waals surface area contributed by atoms with Gasteiger partial charge in [0.15, 0.2) is 0 Å². The van der Waals surface area contributed by atoms with Crippen LogP contribution in [-0.4, -0.2) is 5.91 Å². The van der Waals surface area contributed by atoms with Crippen LogP contribution in [-0.2, 0) is 4.79 Å². The molecule has 1 aromatic heterocycles. The second-order valence-electron chi connectivity index (χ2n) is 5.61. The number of aryl methyl sites for hydroxylation is 1. The molecule has 0 fully saturated rings. The van der Waals surface area contributed by atoms with Crippen molar-refractivity contribution >= 4 is 23.4 Å². The van der Waals surface area contributed by atoms with Gasteiger partial charge in [-0.25, -0.2) is 4.39 Å². The zero-order valence-electron chi connectivity index (χ0n) is 13.6. The van der Waals surface area contributed by atoms with E-state index in [-0.39, 0.29) is 11.7 Å². The van der Waals surface area contributed by atoms with E-state index >= 15 is 0 Å². The molecule has 3 N–H and O–H groups in total. The van der Waals surface area contributed by atoms with Crippen molar-refractivity contribution in [3.63, 3.8) is 0 Å². The summed E-state index contributed by atoms with van der Waals surface area (Å²) >= 11 is 0. The van der Waals surface area contributed by atoms with Crippen LogP contribution >= 0.6 is 0 Å². The van der Waals surface area contributed by atoms with Crippen molar-refractivity contribution in [2.75, 3.05) is 11.1 Å². The number of benzene rings is 2. The van der Waals surface area contributed by atoms with Gasteiger partial charge < -0.3 is 15.5 Å². The fourth-order valence-electron chi connectivity index (χ4n) is 2.37. The van der Waals surface area contributed by atoms with Crippen LogP contribution < -0.4 is 11.1 Å². The van der Waals surface area contributed by atoms with Gasteiger partial charge in [-0.2, -0.15) is 0 Å². The van der Waals surface area contributed by atoms with Crippen molar-refractivity contribution in [1.29, 1.82) is 0 Å². The van der Waals surface area contributed by atoms with E-state index in [4.69, 9.17) is 10.2 Å². The number of nitrogens with one attached hydrogen (secondary N) is 1. The van der Waals surface area contributed by atoms with Crippen LogP contribution in [0.25, 0.3) is 17.4 Å². The molecule has 4 nitrogen and oxygen atoms in total. The molecule has 0 unspecified atom stereocenters. The second-order valence-corrected chi connectivity index (χ2v) is 5.61. The standard InChI is InChI=1S/C20H17FN2O2/c1-13-12-16(22)6-9-18(13)23-20(24)11-8-17-7-10-19(25-17)14-2-4-15(21)5-3-14/h2-12H,22H2,1H3,(H,23,24)/b11-8+. The molecule has 0 bridgehead atoms. The smallest absolute Gasteiger partial charge is 0.248 e. The van der Waals surface area contributed by atoms with Crippen LogP contribution in [0.4, 0.5) is 15.8 Å². The quantitative estimate of drug-likeness (QED) is 0.539. The molecule has 0 saturated heterocycles. The molecule has 3 aromatic rings. The highest BCUT2D eigenvalue weighted by Gasteiger charge is 2.05. The summed E-state index contributed by atoms with van der Waals surface area (Å²) in [6.45, 7) is 1.87. The molecule has 0 radical (unpaired) electrons. The van der Waals surface area contributed by atoms with Crippen molar-refractivity contribution < 1.29 is 13.6 Å². The number of nitrogens with two attached hydrogens (primary N) is 1. The topological polar surface area (TPSA) is 68.3 Å². The Bertz CT molecular complexity index is 927. The summed E-state index contributed by atoms with van der Waals surface area (Å²) in [5, 5.41) is 2.79. The summed E-state index contributed by atoms with van der Waals surface area (Å²) in [4.78, 5) is 12.0. The number of hydrogen-bond donors (Lipinski definition) is 2. The molecule has 0 saturated carbocycles. The molecule has 0 aliphatic carbocycles. The lowest BCUT2D eigenvalue weighted by molar-refractivity contribution is -0.111. The SMILES string of the molecule is Cc1cc(N)ccc1NC(=O)/C=C/c1ccc(-c2ccc(F)cc2)o1. The monoisotopic (exact) mass is 336 g/mol. The van der Waals surface area contributed by atoms with Crippen LogP contribution in [0.1, 0.15) is 11.3 Å². The lowest BCUT2D eigenvalue weighted by Gasteiger charge is -2.06. The Kier molecular flexibility index (Phi) is 4.66. The van der Waals surface area contributed by atoms with Gasteiger partial charge in [-0.15, -0.1) is 0 Å². The molecule has 2 aromatic carbocycles. The summed E-state index contributed by atoms with van der Waals surface area (Å²) in [5.41, 5.74) is 8.70. The minimum absolute atomic E-state index is 0.271. The Labute approximate surface area is 144 Å². The molecule has 3 rings (SSSR count). The zero-order valence-corrected chi connectivity index (χ0v) is 13.6. The van der Waals surface area contributed by atoms with Crippen molar-refractivity contribution in [3.8, 4) is 11.3 Å². The number of rotatable bonds is 4. The third-order valence-corrected chi connectivity index (χ3v) is 3.66. The number of amides is 1. The molecule has 25 heavy (non-hydrogen) atoms. The van der Waals surface area contributed by atoms with Crippen molar-refractivity contribution in [1.82, 2.24) is 0 Å². The third-order valence-electron chi connectivity index (χ3n) is 3.66. The molecule has 1 amide bonds. The van der Waals surface area contributed by atoms with Gasteiger partial charge in [-0.05, 0) is 73.2 Å². The Balaban J connectivity index is 1.67. The van der Waals surface area contributed by atoms with Gasteiger partial charge in [0.2, 0.25) is 5.91 Å². The van der Waals surface area contributed by atoms with Crippen LogP contribution in [0.2, 0.25) is 0 Å². The number of hydrogen-bond acceptors (Lipinski definition) is 3. The third kappa shape index (κ3) is 4.14. The number of furan rings is 1. The van der Waals surface area contributed by atoms with Gasteiger partial charge in [0.05, 0.1) is 0 Å². The van der Waals surface area contributed by atoms with E-state index in [1.165, 1.54) is 18.2 Å². The number of nitrogen functional groups attached to an aromatic ring is 1. The molecule has 126 valence electrons. The Morgan fingerprint density at radius 2 is 1.88 bits per heavy atom. The maximum absolute atomic E-state index is 13.0. The van der Waals surface area contributed by atoms with Gasteiger partial charge in [0, 0.05) is 23.0 Å². The van der Waals surface area contributed by atoms with Crippen molar-refractivity contribution in [3.05, 3.63) is 77.8 Å². The van der Waals surface area contributed by atoms with Gasteiger partial charge in [0.1, 0.15) is 17.3 Å². The van der Waals surface area contributed by atoms with Crippen molar-refractivity contribution in [2.45, 2.75) is 6.92 Å². The number of carbonyl (C=O) groups excluding carboxylic acids is 1. The van der Waals surface area contributed by atoms with E-state index < -0.39 is 0 Å². The minimum Gasteiger partial charge on any atom is -0.457 e. The Hall–Kier alpha value is -3.34. The molecule has 0 atom stereocenters. The largest absolute Gasteiger partial charge is 0.457 e. The van der Waals surface area contributed by atoms with E-state index in [0.29, 0.717) is 22.9 Å². The second kappa shape index (κ2) is 7.05. The number of anilines is 2. The first-order chi connectivity index (χ1) is 12.0. The summed E-state index contributed by atoms with van der Waals surface area (Å²) in [6, 6.07) is 14.8. The molecule has 0 spiro atoms. The summed E-state index contributed by atoms with van der Waals surface area (Å²) < 4.78 is 18.6. The predicted molar refractivity (Wildman–Crippen MR) is 97.4 cm³/mol. The maximum Gasteiger partial charge on any atom is 0.248 e. The molecule has 5 heteroatoms. The van der Waals surface area contributed by atoms with E-state index in [2.05, 4.69) is 5.32 Å². The van der Waals surface area contributed by atoms with Crippen LogP contribution in [0.5, 0.6) is 0 Å². The molecule has 1 heterocycles. The van der Waals surface area contributed by atoms with E-state index in [0.717, 1.165) is 11.1 Å². The van der Waals surface area contributed by atoms with E-state index in [9.17, 15) is 9.18 Å². The van der Waals surface area contributed by atoms with E-state index in [1.54, 1.807) is 48.5 Å². The highest BCUT2D eigenvalue weighted by molar-refractivity contribution is 6.02. The Morgan fingerprint density at radius 3 is 2.60 bits per heavy atom. The zero-order chi connectivity index (χ0) is 17.8. The fraction of sp³-hybridized carbons (Fsp3) is 0.0500. The van der Waals surface area contributed by atoms with Crippen LogP contribution in [0.3, 0.4) is 0 Å². The van der Waals surface area contributed by atoms with Gasteiger partial charge in [0.25, 0.3) is 0 Å². The Morgan fingerprint density at radius 1 is 1.12 bits per heavy atom. The van der Waals surface area contributed by atoms with E-state index in [1.807, 2.05) is 6.92 Å². The first-order valence-corrected chi connectivity index (χ1v) is 7.72. The lowest BCUT2D eigenvalue weighted by atomic mass is 10.2. The van der Waals surface area contributed by atoms with Crippen LogP contribution in [0.15, 0.2) is 65.1 Å². The number of halogens is 1. The van der Waals surface area contributed by atoms with Gasteiger partial charge >= 0.3 is 0 Å². The average molecular weight is 336 g/mol. The highest BCUT2D eigenvalue weighted by atomic mass is 19.1. The lowest BCUT2D eigenvalue weighted by Crippen LogP contribution is -2.09. The molecular weight excluding hydrogens is 319 g/mol. The van der Waals surface area contributed by atoms with Crippen LogP contribution in [0, 0.1) is 12.7 Å². The summed E-state index contributed by atoms with van der Waals surface area (Å²) in [7, 11) is 0. The minimum atomic E-state index is -0.301. The normalized spacial score (nSPS) is 11.0. The first kappa shape index (κ1) is 16.5. The first-order valence-electron chi connectivity index (χ1n) is 7.72. The fourth-order valence-corrected chi connectivity index (χ4v) is 2.37. The van der Waals surface area contributed by atoms with Crippen molar-refractivity contribution in [2.24, 2.45) is 0 Å². The van der Waals surface area contributed by atoms with Gasteiger partial charge in [-0.1, -0.05) is 0 Å². The summed E-state index contributed by atoms with van der Waals surface area (Å²) in [5.74, 6) is 0.565. The molecule has 0 aliphatic rings. The predicted octanol–water partition coefficient (Wildman–Crippen LogP) is 4.63. The highest BCUT2D eigenvalue weighted by Crippen LogP contribution is 2.23. The average Bonchev–Trinajstić information content (AvgIpc) is 3.05. The summed E-state index contributed by atoms with van der Waals surface area (Å²) in [6.07, 6.45) is 2.97. The van der Waals surface area contributed by atoms with Gasteiger partial charge in [-0.3, -0.25) is 4.79 Å².